The lowest BCUT2D eigenvalue weighted by Crippen LogP contribution is -2.55. The first-order valence-corrected chi connectivity index (χ1v) is 7.29. The number of carbonyl (C=O) groups excluding carboxylic acids is 1. The molecule has 4 atom stereocenters. The van der Waals surface area contributed by atoms with Crippen molar-refractivity contribution in [2.24, 2.45) is 11.8 Å². The topological polar surface area (TPSA) is 69.6 Å². The van der Waals surface area contributed by atoms with E-state index in [4.69, 9.17) is 0 Å². The van der Waals surface area contributed by atoms with E-state index in [1.54, 1.807) is 0 Å². The molecule has 0 aromatic carbocycles. The fourth-order valence-electron chi connectivity index (χ4n) is 3.22. The zero-order chi connectivity index (χ0) is 14.0. The zero-order valence-corrected chi connectivity index (χ0v) is 11.8. The van der Waals surface area contributed by atoms with Crippen LogP contribution in [0.1, 0.15) is 46.0 Å². The summed E-state index contributed by atoms with van der Waals surface area (Å²) in [4.78, 5) is 25.1. The van der Waals surface area contributed by atoms with Crippen LogP contribution in [0.15, 0.2) is 0 Å². The van der Waals surface area contributed by atoms with Crippen molar-refractivity contribution in [2.45, 2.75) is 58.0 Å². The first-order chi connectivity index (χ1) is 8.99. The Morgan fingerprint density at radius 2 is 1.95 bits per heavy atom. The van der Waals surface area contributed by atoms with Gasteiger partial charge in [-0.3, -0.25) is 0 Å². The summed E-state index contributed by atoms with van der Waals surface area (Å²) in [7, 11) is 0. The van der Waals surface area contributed by atoms with E-state index in [0.717, 1.165) is 25.7 Å². The molecule has 0 radical (unpaired) electrons. The van der Waals surface area contributed by atoms with Crippen LogP contribution in [-0.2, 0) is 4.79 Å². The number of nitrogens with one attached hydrogen (secondary N) is 1. The number of urea groups is 1. The second kappa shape index (κ2) is 5.80. The fourth-order valence-corrected chi connectivity index (χ4v) is 3.22. The maximum absolute atomic E-state index is 12.3. The molecule has 2 rings (SSSR count). The number of carboxylic acid groups (broad SMARTS) is 1. The number of hydrogen-bond acceptors (Lipinski definition) is 2. The van der Waals surface area contributed by atoms with E-state index in [-0.39, 0.29) is 12.1 Å². The Labute approximate surface area is 114 Å². The number of amides is 2. The van der Waals surface area contributed by atoms with E-state index in [9.17, 15) is 14.7 Å². The lowest BCUT2D eigenvalue weighted by molar-refractivity contribution is -0.143. The lowest BCUT2D eigenvalue weighted by Gasteiger charge is -2.36. The SMILES string of the molecule is CC1CCN(C(=O)NC2CCCC2C)C(C(=O)O)C1. The number of aliphatic carboxylic acids is 1. The summed E-state index contributed by atoms with van der Waals surface area (Å²) in [6, 6.07) is -0.653. The van der Waals surface area contributed by atoms with Gasteiger partial charge < -0.3 is 15.3 Å². The molecule has 2 N–H and O–H groups in total. The van der Waals surface area contributed by atoms with Crippen molar-refractivity contribution in [2.75, 3.05) is 6.54 Å². The van der Waals surface area contributed by atoms with Crippen molar-refractivity contribution < 1.29 is 14.7 Å². The minimum atomic E-state index is -0.888. The number of piperidine rings is 1. The van der Waals surface area contributed by atoms with E-state index >= 15 is 0 Å². The Morgan fingerprint density at radius 3 is 2.53 bits per heavy atom. The number of carbonyl (C=O) groups is 2. The molecule has 1 saturated carbocycles. The molecule has 0 aromatic heterocycles. The molecule has 2 aliphatic rings. The summed E-state index contributed by atoms with van der Waals surface area (Å²) >= 11 is 0. The first kappa shape index (κ1) is 14.2. The first-order valence-electron chi connectivity index (χ1n) is 7.29. The molecule has 0 bridgehead atoms. The van der Waals surface area contributed by atoms with Gasteiger partial charge in [-0.2, -0.15) is 0 Å². The van der Waals surface area contributed by atoms with Crippen LogP contribution in [0.2, 0.25) is 0 Å². The van der Waals surface area contributed by atoms with Crippen LogP contribution in [0.25, 0.3) is 0 Å². The Balaban J connectivity index is 1.98. The Kier molecular flexibility index (Phi) is 4.32. The maximum atomic E-state index is 12.3. The largest absolute Gasteiger partial charge is 0.480 e. The molecule has 2 amide bonds. The van der Waals surface area contributed by atoms with E-state index in [0.29, 0.717) is 24.8 Å². The van der Waals surface area contributed by atoms with Crippen molar-refractivity contribution in [3.63, 3.8) is 0 Å². The molecular formula is C14H24N2O3. The Hall–Kier alpha value is -1.26. The number of nitrogens with zero attached hydrogens (tertiary/aromatic N) is 1. The molecule has 0 aromatic rings. The summed E-state index contributed by atoms with van der Waals surface area (Å²) in [6.07, 6.45) is 4.74. The fraction of sp³-hybridized carbons (Fsp3) is 0.857. The van der Waals surface area contributed by atoms with Crippen LogP contribution in [-0.4, -0.2) is 40.6 Å². The number of likely N-dealkylation sites (tertiary alicyclic amines) is 1. The molecule has 19 heavy (non-hydrogen) atoms. The highest BCUT2D eigenvalue weighted by atomic mass is 16.4. The lowest BCUT2D eigenvalue weighted by atomic mass is 9.92. The second-order valence-corrected chi connectivity index (χ2v) is 6.14. The molecule has 0 spiro atoms. The highest BCUT2D eigenvalue weighted by Gasteiger charge is 2.36. The van der Waals surface area contributed by atoms with Crippen molar-refractivity contribution in [1.29, 1.82) is 0 Å². The van der Waals surface area contributed by atoms with Gasteiger partial charge in [-0.05, 0) is 37.5 Å². The third-order valence-corrected chi connectivity index (χ3v) is 4.58. The van der Waals surface area contributed by atoms with E-state index in [2.05, 4.69) is 12.2 Å². The van der Waals surface area contributed by atoms with Gasteiger partial charge in [0, 0.05) is 12.6 Å². The Bertz CT molecular complexity index is 359. The van der Waals surface area contributed by atoms with Gasteiger partial charge in [-0.1, -0.05) is 20.3 Å². The molecule has 1 saturated heterocycles. The molecule has 108 valence electrons. The van der Waals surface area contributed by atoms with Gasteiger partial charge >= 0.3 is 12.0 Å². The minimum Gasteiger partial charge on any atom is -0.480 e. The number of hydrogen-bond donors (Lipinski definition) is 2. The van der Waals surface area contributed by atoms with Crippen molar-refractivity contribution in [1.82, 2.24) is 10.2 Å². The van der Waals surface area contributed by atoms with E-state index < -0.39 is 12.0 Å². The van der Waals surface area contributed by atoms with Crippen molar-refractivity contribution in [3.8, 4) is 0 Å². The molecular weight excluding hydrogens is 244 g/mol. The van der Waals surface area contributed by atoms with Gasteiger partial charge in [-0.15, -0.1) is 0 Å². The summed E-state index contributed by atoms with van der Waals surface area (Å²) in [6.45, 7) is 4.74. The molecule has 5 nitrogen and oxygen atoms in total. The predicted molar refractivity (Wildman–Crippen MR) is 71.9 cm³/mol. The van der Waals surface area contributed by atoms with Crippen LogP contribution in [0.4, 0.5) is 4.79 Å². The maximum Gasteiger partial charge on any atom is 0.326 e. The van der Waals surface area contributed by atoms with Crippen LogP contribution >= 0.6 is 0 Å². The standard InChI is InChI=1S/C14H24N2O3/c1-9-6-7-16(12(8-9)13(17)18)14(19)15-11-5-3-4-10(11)2/h9-12H,3-8H2,1-2H3,(H,15,19)(H,17,18). The average molecular weight is 268 g/mol. The molecule has 2 fully saturated rings. The molecule has 1 aliphatic carbocycles. The zero-order valence-electron chi connectivity index (χ0n) is 11.8. The van der Waals surface area contributed by atoms with Gasteiger partial charge in [0.05, 0.1) is 0 Å². The molecule has 1 aliphatic heterocycles. The normalized spacial score (nSPS) is 35.2. The van der Waals surface area contributed by atoms with Gasteiger partial charge in [0.15, 0.2) is 0 Å². The van der Waals surface area contributed by atoms with E-state index in [1.807, 2.05) is 6.92 Å². The monoisotopic (exact) mass is 268 g/mol. The second-order valence-electron chi connectivity index (χ2n) is 6.14. The Morgan fingerprint density at radius 1 is 1.21 bits per heavy atom. The number of carboxylic acids is 1. The highest BCUT2D eigenvalue weighted by Crippen LogP contribution is 2.26. The van der Waals surface area contributed by atoms with Crippen LogP contribution in [0.5, 0.6) is 0 Å². The molecule has 5 heteroatoms. The smallest absolute Gasteiger partial charge is 0.326 e. The third kappa shape index (κ3) is 3.19. The van der Waals surface area contributed by atoms with E-state index in [1.165, 1.54) is 4.90 Å². The summed E-state index contributed by atoms with van der Waals surface area (Å²) < 4.78 is 0. The van der Waals surface area contributed by atoms with Crippen LogP contribution in [0.3, 0.4) is 0 Å². The minimum absolute atomic E-state index is 0.196. The predicted octanol–water partition coefficient (Wildman–Crippen LogP) is 2.07. The summed E-state index contributed by atoms with van der Waals surface area (Å²) in [5.41, 5.74) is 0. The quantitative estimate of drug-likeness (QED) is 0.805. The number of rotatable bonds is 2. The van der Waals surface area contributed by atoms with Gasteiger partial charge in [0.1, 0.15) is 6.04 Å². The molecule has 1 heterocycles. The third-order valence-electron chi connectivity index (χ3n) is 4.58. The van der Waals surface area contributed by atoms with Gasteiger partial charge in [0.2, 0.25) is 0 Å². The van der Waals surface area contributed by atoms with Crippen LogP contribution in [0, 0.1) is 11.8 Å². The highest BCUT2D eigenvalue weighted by molar-refractivity contribution is 5.83. The van der Waals surface area contributed by atoms with Crippen LogP contribution < -0.4 is 5.32 Å². The van der Waals surface area contributed by atoms with Crippen molar-refractivity contribution >= 4 is 12.0 Å². The summed E-state index contributed by atoms with van der Waals surface area (Å²) in [5.74, 6) is -0.0207. The van der Waals surface area contributed by atoms with Gasteiger partial charge in [0.25, 0.3) is 0 Å². The average Bonchev–Trinajstić information content (AvgIpc) is 2.74. The van der Waals surface area contributed by atoms with Crippen molar-refractivity contribution in [3.05, 3.63) is 0 Å². The molecule has 4 unspecified atom stereocenters. The summed E-state index contributed by atoms with van der Waals surface area (Å²) in [5, 5.41) is 12.3. The van der Waals surface area contributed by atoms with Gasteiger partial charge in [-0.25, -0.2) is 9.59 Å².